The van der Waals surface area contributed by atoms with Gasteiger partial charge in [-0.2, -0.15) is 0 Å². The fourth-order valence-electron chi connectivity index (χ4n) is 7.61. The maximum absolute atomic E-state index is 12.1. The molecule has 4 saturated carbocycles. The predicted molar refractivity (Wildman–Crippen MR) is 107 cm³/mol. The first-order valence-electron chi connectivity index (χ1n) is 11.2. The fraction of sp³-hybridized carbons (Fsp3) is 0.913. The van der Waals surface area contributed by atoms with Gasteiger partial charge in [0.05, 0.1) is 18.3 Å². The first-order chi connectivity index (χ1) is 12.7. The Hall–Kier alpha value is -0.900. The molecule has 152 valence electrons. The van der Waals surface area contributed by atoms with Crippen LogP contribution in [0.3, 0.4) is 0 Å². The van der Waals surface area contributed by atoms with E-state index in [0.29, 0.717) is 23.7 Å². The predicted octanol–water partition coefficient (Wildman–Crippen LogP) is 4.22. The number of hydrogen-bond donors (Lipinski definition) is 1. The Morgan fingerprint density at radius 3 is 2.70 bits per heavy atom. The minimum atomic E-state index is -0.127. The molecule has 0 amide bonds. The van der Waals surface area contributed by atoms with Crippen LogP contribution in [0, 0.1) is 34.5 Å². The van der Waals surface area contributed by atoms with Crippen molar-refractivity contribution >= 4 is 11.8 Å². The third-order valence-corrected chi connectivity index (χ3v) is 9.15. The summed E-state index contributed by atoms with van der Waals surface area (Å²) >= 11 is 0. The van der Waals surface area contributed by atoms with Crippen molar-refractivity contribution in [3.05, 3.63) is 0 Å². The van der Waals surface area contributed by atoms with Gasteiger partial charge in [0.25, 0.3) is 5.78 Å². The van der Waals surface area contributed by atoms with Gasteiger partial charge in [-0.05, 0) is 94.3 Å². The van der Waals surface area contributed by atoms with Gasteiger partial charge in [-0.15, -0.1) is 0 Å². The molecule has 0 aromatic heterocycles. The molecule has 4 aliphatic rings. The van der Waals surface area contributed by atoms with Crippen LogP contribution in [0.2, 0.25) is 0 Å². The molecule has 4 heteroatoms. The Kier molecular flexibility index (Phi) is 4.93. The molecule has 4 nitrogen and oxygen atoms in total. The smallest absolute Gasteiger partial charge is 0.307 e. The van der Waals surface area contributed by atoms with E-state index in [1.807, 2.05) is 6.92 Å². The van der Waals surface area contributed by atoms with E-state index >= 15 is 0 Å². The second-order valence-corrected chi connectivity index (χ2v) is 10.7. The van der Waals surface area contributed by atoms with Gasteiger partial charge in [0, 0.05) is 6.04 Å². The zero-order chi connectivity index (χ0) is 19.4. The first kappa shape index (κ1) is 19.4. The Labute approximate surface area is 164 Å². The highest BCUT2D eigenvalue weighted by atomic mass is 16.5. The van der Waals surface area contributed by atoms with E-state index in [1.165, 1.54) is 32.1 Å². The van der Waals surface area contributed by atoms with Gasteiger partial charge in [0.15, 0.2) is 0 Å². The highest BCUT2D eigenvalue weighted by Crippen LogP contribution is 2.65. The summed E-state index contributed by atoms with van der Waals surface area (Å²) in [5, 5.41) is 0. The molecule has 4 fully saturated rings. The quantitative estimate of drug-likeness (QED) is 0.592. The molecule has 0 spiro atoms. The summed E-state index contributed by atoms with van der Waals surface area (Å²) in [7, 11) is 0. The lowest BCUT2D eigenvalue weighted by molar-refractivity contribution is -0.160. The zero-order valence-corrected chi connectivity index (χ0v) is 17.4. The number of carbonyl (C=O) groups excluding carboxylic acids is 2. The maximum Gasteiger partial charge on any atom is 0.307 e. The number of esters is 1. The van der Waals surface area contributed by atoms with Crippen LogP contribution in [0.15, 0.2) is 0 Å². The molecule has 0 aromatic carbocycles. The van der Waals surface area contributed by atoms with Gasteiger partial charge in [0.2, 0.25) is 0 Å². The zero-order valence-electron chi connectivity index (χ0n) is 17.4. The van der Waals surface area contributed by atoms with Gasteiger partial charge in [-0.25, -0.2) is 0 Å². The lowest BCUT2D eigenvalue weighted by atomic mass is 9.45. The SMILES string of the molecule is CC(N)CC(=O)O[C@H]1CC[C@@]2(C)C(CCC3C2CC[C@]2(C)C(=[OH+])CCC32)C1. The molecule has 0 aliphatic heterocycles. The number of hydrogen-bond acceptors (Lipinski definition) is 3. The molecule has 8 atom stereocenters. The van der Waals surface area contributed by atoms with Crippen molar-refractivity contribution in [2.45, 2.75) is 97.1 Å². The van der Waals surface area contributed by atoms with Crippen LogP contribution in [-0.2, 0) is 9.53 Å². The van der Waals surface area contributed by atoms with Crippen molar-refractivity contribution < 1.29 is 14.3 Å². The lowest BCUT2D eigenvalue weighted by Crippen LogP contribution is -2.54. The number of carbonyl (C=O) groups is 1. The van der Waals surface area contributed by atoms with Crippen molar-refractivity contribution in [1.82, 2.24) is 0 Å². The number of ether oxygens (including phenoxy) is 1. The fourth-order valence-corrected chi connectivity index (χ4v) is 7.61. The van der Waals surface area contributed by atoms with Crippen molar-refractivity contribution in [3.8, 4) is 0 Å². The molecule has 0 radical (unpaired) electrons. The number of ketones is 1. The highest BCUT2D eigenvalue weighted by molar-refractivity contribution is 5.88. The summed E-state index contributed by atoms with van der Waals surface area (Å²) in [5.41, 5.74) is 6.20. The summed E-state index contributed by atoms with van der Waals surface area (Å²) in [5.74, 6) is 3.55. The topological polar surface area (TPSA) is 73.7 Å². The first-order valence-corrected chi connectivity index (χ1v) is 11.2. The van der Waals surface area contributed by atoms with E-state index < -0.39 is 0 Å². The van der Waals surface area contributed by atoms with Gasteiger partial charge in [-0.3, -0.25) is 9.59 Å². The van der Waals surface area contributed by atoms with Crippen LogP contribution in [0.5, 0.6) is 0 Å². The third kappa shape index (κ3) is 3.16. The largest absolute Gasteiger partial charge is 0.462 e. The summed E-state index contributed by atoms with van der Waals surface area (Å²) < 4.78 is 5.78. The van der Waals surface area contributed by atoms with Gasteiger partial charge >= 0.3 is 5.97 Å². The monoisotopic (exact) mass is 376 g/mol. The maximum atomic E-state index is 12.1. The van der Waals surface area contributed by atoms with Crippen LogP contribution < -0.4 is 5.73 Å². The standard InChI is InChI=1S/C23H37NO3/c1-14(24)12-21(26)27-16-8-10-22(2)15(13-16)4-5-17-18-6-7-20(25)23(18,3)11-9-19(17)22/h14-19H,4-13,24H2,1-3H3/p+1/t14?,15?,16-,17?,18?,19?,22-,23-/m0/s1. The van der Waals surface area contributed by atoms with Gasteiger partial charge in [0.1, 0.15) is 6.10 Å². The minimum Gasteiger partial charge on any atom is -0.462 e. The average molecular weight is 377 g/mol. The molecule has 5 unspecified atom stereocenters. The van der Waals surface area contributed by atoms with Crippen LogP contribution in [0.4, 0.5) is 0 Å². The number of nitrogens with two attached hydrogens (primary N) is 1. The van der Waals surface area contributed by atoms with E-state index in [4.69, 9.17) is 10.5 Å². The van der Waals surface area contributed by atoms with Crippen molar-refractivity contribution in [2.24, 2.45) is 40.2 Å². The molecular formula is C23H38NO3+. The summed E-state index contributed by atoms with van der Waals surface area (Å²) in [6, 6.07) is -0.127. The Morgan fingerprint density at radius 2 is 1.96 bits per heavy atom. The van der Waals surface area contributed by atoms with Crippen LogP contribution in [0.1, 0.15) is 85.0 Å². The van der Waals surface area contributed by atoms with E-state index in [0.717, 1.165) is 43.3 Å². The molecule has 4 rings (SSSR count). The summed E-state index contributed by atoms with van der Waals surface area (Å²) in [4.78, 5) is 22.6. The van der Waals surface area contributed by atoms with Crippen LogP contribution >= 0.6 is 0 Å². The summed E-state index contributed by atoms with van der Waals surface area (Å²) in [6.07, 6.45) is 10.7. The number of rotatable bonds is 3. The van der Waals surface area contributed by atoms with Crippen molar-refractivity contribution in [1.29, 1.82) is 0 Å². The minimum absolute atomic E-state index is 0.0794. The number of fused-ring (bicyclic) bond motifs is 5. The van der Waals surface area contributed by atoms with E-state index in [2.05, 4.69) is 13.8 Å². The molecule has 0 saturated heterocycles. The van der Waals surface area contributed by atoms with E-state index in [9.17, 15) is 9.59 Å². The molecule has 0 aromatic rings. The van der Waals surface area contributed by atoms with Crippen molar-refractivity contribution in [2.75, 3.05) is 0 Å². The molecule has 27 heavy (non-hydrogen) atoms. The Morgan fingerprint density at radius 1 is 1.19 bits per heavy atom. The average Bonchev–Trinajstić information content (AvgIpc) is 2.90. The van der Waals surface area contributed by atoms with Crippen LogP contribution in [-0.4, -0.2) is 28.7 Å². The molecule has 0 bridgehead atoms. The molecule has 0 heterocycles. The van der Waals surface area contributed by atoms with E-state index in [-0.39, 0.29) is 23.5 Å². The molecule has 4 aliphatic carbocycles. The second-order valence-electron chi connectivity index (χ2n) is 10.7. The molecule has 3 N–H and O–H groups in total. The van der Waals surface area contributed by atoms with Gasteiger partial charge in [-0.1, -0.05) is 6.92 Å². The molecular weight excluding hydrogens is 338 g/mol. The highest BCUT2D eigenvalue weighted by Gasteiger charge is 2.62. The lowest BCUT2D eigenvalue weighted by Gasteiger charge is -2.59. The Balaban J connectivity index is 1.45. The second kappa shape index (κ2) is 6.86. The van der Waals surface area contributed by atoms with E-state index in [1.54, 1.807) is 0 Å². The summed E-state index contributed by atoms with van der Waals surface area (Å²) in [6.45, 7) is 6.70. The van der Waals surface area contributed by atoms with Gasteiger partial charge < -0.3 is 10.5 Å². The third-order valence-electron chi connectivity index (χ3n) is 9.15. The van der Waals surface area contributed by atoms with Crippen molar-refractivity contribution in [3.63, 3.8) is 0 Å². The Bertz CT molecular complexity index is 617. The van der Waals surface area contributed by atoms with Crippen LogP contribution in [0.25, 0.3) is 0 Å². The normalized spacial score (nSPS) is 47.6.